The highest BCUT2D eigenvalue weighted by Gasteiger charge is 2.12. The fourth-order valence-electron chi connectivity index (χ4n) is 0.986. The highest BCUT2D eigenvalue weighted by molar-refractivity contribution is 8.00. The summed E-state index contributed by atoms with van der Waals surface area (Å²) in [6, 6.07) is 0. The van der Waals surface area contributed by atoms with Gasteiger partial charge in [-0.3, -0.25) is 0 Å². The van der Waals surface area contributed by atoms with E-state index < -0.39 is 0 Å². The summed E-state index contributed by atoms with van der Waals surface area (Å²) < 4.78 is 6.37. The predicted molar refractivity (Wildman–Crippen MR) is 64.1 cm³/mol. The number of rotatable bonds is 5. The van der Waals surface area contributed by atoms with Crippen LogP contribution in [0.3, 0.4) is 0 Å². The van der Waals surface area contributed by atoms with Crippen molar-refractivity contribution < 1.29 is 4.74 Å². The van der Waals surface area contributed by atoms with Crippen molar-refractivity contribution in [2.75, 3.05) is 25.2 Å². The molecule has 5 heteroatoms. The monoisotopic (exact) mass is 230 g/mol. The third-order valence-corrected chi connectivity index (χ3v) is 3.67. The van der Waals surface area contributed by atoms with Crippen LogP contribution in [0.2, 0.25) is 0 Å². The van der Waals surface area contributed by atoms with E-state index in [9.17, 15) is 0 Å². The van der Waals surface area contributed by atoms with Gasteiger partial charge in [0.15, 0.2) is 4.34 Å². The van der Waals surface area contributed by atoms with Crippen LogP contribution in [0.1, 0.15) is 11.8 Å². The Bertz CT molecular complexity index is 323. The highest BCUT2D eigenvalue weighted by atomic mass is 32.2. The molecule has 0 bridgehead atoms. The maximum absolute atomic E-state index is 5.35. The Balaban J connectivity index is 2.93. The van der Waals surface area contributed by atoms with Crippen molar-refractivity contribution in [3.63, 3.8) is 0 Å². The molecule has 14 heavy (non-hydrogen) atoms. The van der Waals surface area contributed by atoms with Crippen LogP contribution in [-0.2, 0) is 4.74 Å². The number of anilines is 1. The van der Waals surface area contributed by atoms with Gasteiger partial charge >= 0.3 is 0 Å². The fourth-order valence-corrected chi connectivity index (χ4v) is 2.48. The van der Waals surface area contributed by atoms with E-state index in [4.69, 9.17) is 4.74 Å². The van der Waals surface area contributed by atoms with Crippen molar-refractivity contribution in [2.45, 2.75) is 11.3 Å². The van der Waals surface area contributed by atoms with Crippen molar-refractivity contribution in [3.05, 3.63) is 11.5 Å². The molecule has 0 aromatic carbocycles. The first kappa shape index (κ1) is 11.4. The summed E-state index contributed by atoms with van der Waals surface area (Å²) in [5, 5.41) is 3.03. The molecule has 0 aliphatic heterocycles. The summed E-state index contributed by atoms with van der Waals surface area (Å²) in [6.07, 6.45) is 2.01. The van der Waals surface area contributed by atoms with Crippen LogP contribution in [0.15, 0.2) is 10.9 Å². The first-order valence-electron chi connectivity index (χ1n) is 4.27. The molecule has 0 saturated carbocycles. The third-order valence-electron chi connectivity index (χ3n) is 1.59. The Kier molecular flexibility index (Phi) is 4.28. The number of thiazole rings is 1. The molecule has 0 radical (unpaired) electrons. The van der Waals surface area contributed by atoms with Crippen molar-refractivity contribution in [3.8, 4) is 0 Å². The maximum atomic E-state index is 5.35. The summed E-state index contributed by atoms with van der Waals surface area (Å²) in [7, 11) is 1.85. The predicted octanol–water partition coefficient (Wildman–Crippen LogP) is 2.91. The van der Waals surface area contributed by atoms with Gasteiger partial charge in [-0.15, -0.1) is 11.3 Å². The minimum absolute atomic E-state index is 0.633. The number of nitrogens with one attached hydrogen (secondary N) is 1. The van der Waals surface area contributed by atoms with Gasteiger partial charge in [0.2, 0.25) is 0 Å². The SMILES string of the molecule is C=C(OCC)c1sc(SC)nc1NC. The minimum Gasteiger partial charge on any atom is -0.493 e. The second-order valence-electron chi connectivity index (χ2n) is 2.47. The van der Waals surface area contributed by atoms with Gasteiger partial charge in [-0.05, 0) is 13.2 Å². The van der Waals surface area contributed by atoms with E-state index in [1.807, 2.05) is 20.2 Å². The number of hydrogen-bond donors (Lipinski definition) is 1. The van der Waals surface area contributed by atoms with Crippen LogP contribution < -0.4 is 5.32 Å². The molecule has 3 nitrogen and oxygen atoms in total. The lowest BCUT2D eigenvalue weighted by Gasteiger charge is -2.05. The van der Waals surface area contributed by atoms with E-state index in [1.165, 1.54) is 0 Å². The molecule has 0 atom stereocenters. The smallest absolute Gasteiger partial charge is 0.152 e. The Hall–Kier alpha value is -0.680. The Morgan fingerprint density at radius 3 is 2.93 bits per heavy atom. The van der Waals surface area contributed by atoms with Crippen molar-refractivity contribution in [1.29, 1.82) is 0 Å². The molecule has 1 rings (SSSR count). The van der Waals surface area contributed by atoms with Gasteiger partial charge < -0.3 is 10.1 Å². The van der Waals surface area contributed by atoms with Crippen LogP contribution in [0, 0.1) is 0 Å². The molecule has 1 N–H and O–H groups in total. The molecule has 0 saturated heterocycles. The normalized spacial score (nSPS) is 9.93. The maximum Gasteiger partial charge on any atom is 0.152 e. The largest absolute Gasteiger partial charge is 0.493 e. The van der Waals surface area contributed by atoms with Gasteiger partial charge in [0.25, 0.3) is 0 Å². The molecule has 1 heterocycles. The van der Waals surface area contributed by atoms with E-state index in [0.29, 0.717) is 12.4 Å². The number of thioether (sulfide) groups is 1. The van der Waals surface area contributed by atoms with Gasteiger partial charge in [-0.2, -0.15) is 0 Å². The molecule has 0 spiro atoms. The summed E-state index contributed by atoms with van der Waals surface area (Å²) in [6.45, 7) is 6.45. The lowest BCUT2D eigenvalue weighted by molar-refractivity contribution is 0.300. The van der Waals surface area contributed by atoms with Gasteiger partial charge in [0.05, 0.1) is 6.61 Å². The second-order valence-corrected chi connectivity index (χ2v) is 4.52. The van der Waals surface area contributed by atoms with Crippen molar-refractivity contribution in [1.82, 2.24) is 4.98 Å². The topological polar surface area (TPSA) is 34.1 Å². The Labute approximate surface area is 92.6 Å². The fraction of sp³-hybridized carbons (Fsp3) is 0.444. The Morgan fingerprint density at radius 1 is 1.71 bits per heavy atom. The zero-order chi connectivity index (χ0) is 10.6. The summed E-state index contributed by atoms with van der Waals surface area (Å²) >= 11 is 3.22. The molecule has 1 aromatic heterocycles. The van der Waals surface area contributed by atoms with E-state index in [2.05, 4.69) is 16.9 Å². The molecular weight excluding hydrogens is 216 g/mol. The lowest BCUT2D eigenvalue weighted by Crippen LogP contribution is -1.94. The van der Waals surface area contributed by atoms with Crippen LogP contribution in [-0.4, -0.2) is 24.9 Å². The number of nitrogens with zero attached hydrogens (tertiary/aromatic N) is 1. The van der Waals surface area contributed by atoms with E-state index >= 15 is 0 Å². The van der Waals surface area contributed by atoms with E-state index in [-0.39, 0.29) is 0 Å². The van der Waals surface area contributed by atoms with Crippen molar-refractivity contribution >= 4 is 34.7 Å². The van der Waals surface area contributed by atoms with Gasteiger partial charge in [-0.25, -0.2) is 4.98 Å². The van der Waals surface area contributed by atoms with Crippen molar-refractivity contribution in [2.24, 2.45) is 0 Å². The lowest BCUT2D eigenvalue weighted by atomic mass is 10.4. The second kappa shape index (κ2) is 5.26. The van der Waals surface area contributed by atoms with Crippen LogP contribution in [0.5, 0.6) is 0 Å². The first-order chi connectivity index (χ1) is 6.72. The molecule has 0 aliphatic rings. The average Bonchev–Trinajstić information content (AvgIpc) is 2.61. The molecule has 0 aliphatic carbocycles. The highest BCUT2D eigenvalue weighted by Crippen LogP contribution is 2.33. The molecule has 0 amide bonds. The first-order valence-corrected chi connectivity index (χ1v) is 6.31. The Morgan fingerprint density at radius 2 is 2.43 bits per heavy atom. The molecule has 0 fully saturated rings. The number of aromatic nitrogens is 1. The zero-order valence-corrected chi connectivity index (χ0v) is 10.2. The summed E-state index contributed by atoms with van der Waals surface area (Å²) in [5.74, 6) is 1.53. The number of ether oxygens (including phenoxy) is 1. The van der Waals surface area contributed by atoms with Crippen LogP contribution in [0.4, 0.5) is 5.82 Å². The third kappa shape index (κ3) is 2.42. The van der Waals surface area contributed by atoms with E-state index in [1.54, 1.807) is 23.1 Å². The average molecular weight is 230 g/mol. The minimum atomic E-state index is 0.633. The van der Waals surface area contributed by atoms with Gasteiger partial charge in [0, 0.05) is 7.05 Å². The van der Waals surface area contributed by atoms with E-state index in [0.717, 1.165) is 15.0 Å². The zero-order valence-electron chi connectivity index (χ0n) is 8.59. The summed E-state index contributed by atoms with van der Waals surface area (Å²) in [4.78, 5) is 5.36. The van der Waals surface area contributed by atoms with Crippen LogP contribution >= 0.6 is 23.1 Å². The molecule has 1 aromatic rings. The van der Waals surface area contributed by atoms with Crippen LogP contribution in [0.25, 0.3) is 5.76 Å². The molecule has 0 unspecified atom stereocenters. The quantitative estimate of drug-likeness (QED) is 0.623. The van der Waals surface area contributed by atoms with Gasteiger partial charge in [-0.1, -0.05) is 18.3 Å². The van der Waals surface area contributed by atoms with Gasteiger partial charge in [0.1, 0.15) is 16.5 Å². The summed E-state index contributed by atoms with van der Waals surface area (Å²) in [5.41, 5.74) is 0. The molecule has 78 valence electrons. The standard InChI is InChI=1S/C9H14N2OS2/c1-5-12-6(2)7-8(10-3)11-9(13-4)14-7/h10H,2,5H2,1,3-4H3. The number of hydrogen-bond acceptors (Lipinski definition) is 5. The molecular formula is C9H14N2OS2.